The van der Waals surface area contributed by atoms with Gasteiger partial charge in [-0.1, -0.05) is 28.1 Å². The van der Waals surface area contributed by atoms with Crippen LogP contribution in [0.4, 0.5) is 10.5 Å². The van der Waals surface area contributed by atoms with Gasteiger partial charge in [0.25, 0.3) is 0 Å². The Labute approximate surface area is 143 Å². The van der Waals surface area contributed by atoms with Crippen molar-refractivity contribution in [1.82, 2.24) is 5.32 Å². The maximum absolute atomic E-state index is 12.2. The number of methoxy groups -OCH3 is 1. The van der Waals surface area contributed by atoms with Crippen molar-refractivity contribution < 1.29 is 14.6 Å². The number of ether oxygens (including phenoxy) is 1. The van der Waals surface area contributed by atoms with Crippen LogP contribution in [0.25, 0.3) is 0 Å². The molecule has 1 atom stereocenters. The zero-order valence-corrected chi connectivity index (χ0v) is 14.3. The summed E-state index contributed by atoms with van der Waals surface area (Å²) >= 11 is 3.35. The Bertz CT molecular complexity index is 647. The Kier molecular flexibility index (Phi) is 6.43. The Morgan fingerprint density at radius 2 is 2.00 bits per heavy atom. The lowest BCUT2D eigenvalue weighted by molar-refractivity contribution is 0.239. The quantitative estimate of drug-likeness (QED) is 0.717. The molecule has 2 aromatic rings. The van der Waals surface area contributed by atoms with Crippen LogP contribution in [0.3, 0.4) is 0 Å². The molecule has 5 nitrogen and oxygen atoms in total. The van der Waals surface area contributed by atoms with Crippen molar-refractivity contribution in [3.63, 3.8) is 0 Å². The number of carbonyl (C=O) groups excluding carboxylic acids is 1. The molecule has 0 bridgehead atoms. The van der Waals surface area contributed by atoms with Gasteiger partial charge in [0.2, 0.25) is 0 Å². The van der Waals surface area contributed by atoms with Crippen LogP contribution < -0.4 is 15.4 Å². The first-order valence-corrected chi connectivity index (χ1v) is 7.99. The Morgan fingerprint density at radius 3 is 2.65 bits per heavy atom. The summed E-state index contributed by atoms with van der Waals surface area (Å²) < 4.78 is 6.14. The highest BCUT2D eigenvalue weighted by molar-refractivity contribution is 9.10. The summed E-state index contributed by atoms with van der Waals surface area (Å²) in [6, 6.07) is 14.1. The molecule has 6 heteroatoms. The van der Waals surface area contributed by atoms with Crippen molar-refractivity contribution in [1.29, 1.82) is 0 Å². The third-order valence-electron chi connectivity index (χ3n) is 3.32. The van der Waals surface area contributed by atoms with Crippen molar-refractivity contribution in [2.75, 3.05) is 19.0 Å². The Balaban J connectivity index is 2.05. The van der Waals surface area contributed by atoms with Crippen molar-refractivity contribution in [3.05, 3.63) is 58.6 Å². The predicted octanol–water partition coefficient (Wildman–Crippen LogP) is 3.70. The van der Waals surface area contributed by atoms with Crippen LogP contribution in [0, 0.1) is 0 Å². The van der Waals surface area contributed by atoms with Gasteiger partial charge in [-0.15, -0.1) is 0 Å². The summed E-state index contributed by atoms with van der Waals surface area (Å²) in [7, 11) is 1.59. The van der Waals surface area contributed by atoms with E-state index in [-0.39, 0.29) is 18.7 Å². The van der Waals surface area contributed by atoms with Gasteiger partial charge in [0.05, 0.1) is 13.2 Å². The van der Waals surface area contributed by atoms with Gasteiger partial charge in [-0.25, -0.2) is 4.79 Å². The number of benzene rings is 2. The first kappa shape index (κ1) is 17.3. The number of nitrogens with one attached hydrogen (secondary N) is 2. The first-order chi connectivity index (χ1) is 11.1. The average Bonchev–Trinajstić information content (AvgIpc) is 2.56. The molecule has 0 aromatic heterocycles. The van der Waals surface area contributed by atoms with Gasteiger partial charge >= 0.3 is 6.03 Å². The SMILES string of the molecule is COc1cccc(C(CCO)NC(=O)Nc2ccc(Br)cc2)c1. The van der Waals surface area contributed by atoms with E-state index in [0.717, 1.165) is 10.0 Å². The molecular formula is C17H19BrN2O3. The number of rotatable bonds is 6. The van der Waals surface area contributed by atoms with Gasteiger partial charge in [0.1, 0.15) is 5.75 Å². The fraction of sp³-hybridized carbons (Fsp3) is 0.235. The molecule has 2 aromatic carbocycles. The molecule has 0 aliphatic carbocycles. The molecule has 122 valence electrons. The molecule has 0 saturated heterocycles. The van der Waals surface area contributed by atoms with Crippen LogP contribution in [0.5, 0.6) is 5.75 Å². The zero-order chi connectivity index (χ0) is 16.7. The summed E-state index contributed by atoms with van der Waals surface area (Å²) in [4.78, 5) is 12.2. The average molecular weight is 379 g/mol. The number of hydrogen-bond donors (Lipinski definition) is 3. The summed E-state index contributed by atoms with van der Waals surface area (Å²) in [5.74, 6) is 0.709. The van der Waals surface area contributed by atoms with Gasteiger partial charge in [-0.05, 0) is 48.4 Å². The van der Waals surface area contributed by atoms with E-state index in [9.17, 15) is 9.90 Å². The van der Waals surface area contributed by atoms with E-state index in [2.05, 4.69) is 26.6 Å². The van der Waals surface area contributed by atoms with E-state index in [1.165, 1.54) is 0 Å². The third-order valence-corrected chi connectivity index (χ3v) is 3.85. The largest absolute Gasteiger partial charge is 0.497 e. The first-order valence-electron chi connectivity index (χ1n) is 7.20. The molecule has 2 amide bonds. The Hall–Kier alpha value is -2.05. The topological polar surface area (TPSA) is 70.6 Å². The maximum Gasteiger partial charge on any atom is 0.319 e. The molecule has 0 aliphatic heterocycles. The van der Waals surface area contributed by atoms with Crippen LogP contribution in [-0.2, 0) is 0 Å². The molecule has 0 fully saturated rings. The van der Waals surface area contributed by atoms with E-state index >= 15 is 0 Å². The van der Waals surface area contributed by atoms with Gasteiger partial charge in [-0.2, -0.15) is 0 Å². The molecule has 0 aliphatic rings. The summed E-state index contributed by atoms with van der Waals surface area (Å²) in [6.45, 7) is -0.0273. The van der Waals surface area contributed by atoms with Crippen LogP contribution >= 0.6 is 15.9 Å². The summed E-state index contributed by atoms with van der Waals surface area (Å²) in [5, 5.41) is 14.9. The fourth-order valence-corrected chi connectivity index (χ4v) is 2.43. The number of carbonyl (C=O) groups is 1. The molecule has 1 unspecified atom stereocenters. The number of aliphatic hydroxyl groups excluding tert-OH is 1. The van der Waals surface area contributed by atoms with Crippen molar-refractivity contribution in [3.8, 4) is 5.75 Å². The molecule has 0 saturated carbocycles. The lowest BCUT2D eigenvalue weighted by atomic mass is 10.0. The van der Waals surface area contributed by atoms with Gasteiger partial charge in [0, 0.05) is 16.8 Å². The lowest BCUT2D eigenvalue weighted by Gasteiger charge is -2.19. The molecule has 23 heavy (non-hydrogen) atoms. The minimum absolute atomic E-state index is 0.0273. The van der Waals surface area contributed by atoms with E-state index in [1.807, 2.05) is 36.4 Å². The Morgan fingerprint density at radius 1 is 1.26 bits per heavy atom. The molecule has 0 radical (unpaired) electrons. The van der Waals surface area contributed by atoms with E-state index in [0.29, 0.717) is 17.9 Å². The number of halogens is 1. The van der Waals surface area contributed by atoms with Crippen molar-refractivity contribution >= 4 is 27.6 Å². The highest BCUT2D eigenvalue weighted by Crippen LogP contribution is 2.22. The minimum Gasteiger partial charge on any atom is -0.497 e. The lowest BCUT2D eigenvalue weighted by Crippen LogP contribution is -2.33. The smallest absolute Gasteiger partial charge is 0.319 e. The predicted molar refractivity (Wildman–Crippen MR) is 93.7 cm³/mol. The fourth-order valence-electron chi connectivity index (χ4n) is 2.17. The van der Waals surface area contributed by atoms with E-state index in [1.54, 1.807) is 19.2 Å². The second kappa shape index (κ2) is 8.55. The number of urea groups is 1. The van der Waals surface area contributed by atoms with Crippen LogP contribution in [0.1, 0.15) is 18.0 Å². The molecule has 2 rings (SSSR count). The third kappa shape index (κ3) is 5.26. The zero-order valence-electron chi connectivity index (χ0n) is 12.8. The van der Waals surface area contributed by atoms with Crippen molar-refractivity contribution in [2.24, 2.45) is 0 Å². The summed E-state index contributed by atoms with van der Waals surface area (Å²) in [6.07, 6.45) is 0.418. The number of hydrogen-bond acceptors (Lipinski definition) is 3. The molecular weight excluding hydrogens is 360 g/mol. The molecule has 0 heterocycles. The second-order valence-corrected chi connectivity index (χ2v) is 5.86. The van der Waals surface area contributed by atoms with Gasteiger partial charge in [0.15, 0.2) is 0 Å². The monoisotopic (exact) mass is 378 g/mol. The minimum atomic E-state index is -0.325. The number of amides is 2. The standard InChI is InChI=1S/C17H19BrN2O3/c1-23-15-4-2-3-12(11-15)16(9-10-21)20-17(22)19-14-7-5-13(18)6-8-14/h2-8,11,16,21H,9-10H2,1H3,(H2,19,20,22). The van der Waals surface area contributed by atoms with Crippen LogP contribution in [-0.4, -0.2) is 24.9 Å². The van der Waals surface area contributed by atoms with Crippen LogP contribution in [0.15, 0.2) is 53.0 Å². The van der Waals surface area contributed by atoms with Crippen molar-refractivity contribution in [2.45, 2.75) is 12.5 Å². The maximum atomic E-state index is 12.2. The summed E-state index contributed by atoms with van der Waals surface area (Å²) in [5.41, 5.74) is 1.57. The highest BCUT2D eigenvalue weighted by atomic mass is 79.9. The molecule has 0 spiro atoms. The normalized spacial score (nSPS) is 11.6. The molecule has 3 N–H and O–H groups in total. The highest BCUT2D eigenvalue weighted by Gasteiger charge is 2.15. The second-order valence-electron chi connectivity index (χ2n) is 4.95. The van der Waals surface area contributed by atoms with Gasteiger partial charge < -0.3 is 20.5 Å². The van der Waals surface area contributed by atoms with E-state index < -0.39 is 0 Å². The van der Waals surface area contributed by atoms with Crippen LogP contribution in [0.2, 0.25) is 0 Å². The van der Waals surface area contributed by atoms with E-state index in [4.69, 9.17) is 4.74 Å². The number of anilines is 1. The number of aliphatic hydroxyl groups is 1. The van der Waals surface area contributed by atoms with Gasteiger partial charge in [-0.3, -0.25) is 0 Å².